The Balaban J connectivity index is 0.761. The first-order valence-electron chi connectivity index (χ1n) is 38.3. The van der Waals surface area contributed by atoms with Crippen molar-refractivity contribution >= 4 is 5.97 Å². The lowest BCUT2D eigenvalue weighted by Gasteiger charge is -2.71. The Kier molecular flexibility index (Phi) is 24.5. The van der Waals surface area contributed by atoms with Crippen LogP contribution in [0.4, 0.5) is 0 Å². The molecule has 33 nitrogen and oxygen atoms in total. The van der Waals surface area contributed by atoms with E-state index in [0.717, 1.165) is 12.0 Å². The molecular weight excluding hydrogens is 1400 g/mol. The molecule has 13 aliphatic rings. The van der Waals surface area contributed by atoms with Crippen LogP contribution >= 0.6 is 0 Å². The number of hydrogen-bond donors (Lipinski definition) is 16. The number of ether oxygens (including phenoxy) is 16. The van der Waals surface area contributed by atoms with Crippen LogP contribution in [0.2, 0.25) is 0 Å². The lowest BCUT2D eigenvalue weighted by molar-refractivity contribution is -0.392. The molecule has 0 aromatic carbocycles. The summed E-state index contributed by atoms with van der Waals surface area (Å²) in [5.74, 6) is -1.72. The largest absolute Gasteiger partial charge is 0.432 e. The molecule has 2 unspecified atom stereocenters. The molecule has 0 radical (unpaired) electrons. The summed E-state index contributed by atoms with van der Waals surface area (Å²) in [5.41, 5.74) is -2.99. The van der Waals surface area contributed by atoms with E-state index in [2.05, 4.69) is 54.5 Å². The molecule has 8 saturated heterocycles. The molecule has 16 N–H and O–H groups in total. The monoisotopic (exact) mass is 1520 g/mol. The van der Waals surface area contributed by atoms with E-state index in [1.54, 1.807) is 6.92 Å². The lowest BCUT2D eigenvalue weighted by atomic mass is 9.33. The Morgan fingerprint density at radius 1 is 0.500 bits per heavy atom. The zero-order valence-corrected chi connectivity index (χ0v) is 61.9. The molecule has 8 heterocycles. The van der Waals surface area contributed by atoms with E-state index in [1.807, 2.05) is 0 Å². The van der Waals surface area contributed by atoms with Crippen molar-refractivity contribution in [2.24, 2.45) is 56.2 Å². The number of carbonyl (C=O) groups excluding carboxylic acids is 1. The number of aliphatic hydroxyl groups excluding tert-OH is 16. The quantitative estimate of drug-likeness (QED) is 0.0382. The van der Waals surface area contributed by atoms with Crippen LogP contribution in [0.15, 0.2) is 11.6 Å². The third-order valence-corrected chi connectivity index (χ3v) is 27.5. The van der Waals surface area contributed by atoms with Crippen LogP contribution in [-0.2, 0) is 80.6 Å². The molecule has 12 fully saturated rings. The van der Waals surface area contributed by atoms with E-state index in [1.165, 1.54) is 6.92 Å². The topological polar surface area (TPSA) is 488 Å². The van der Waals surface area contributed by atoms with Crippen LogP contribution < -0.4 is 0 Å². The van der Waals surface area contributed by atoms with Crippen LogP contribution in [0.25, 0.3) is 0 Å². The Labute approximate surface area is 616 Å². The molecule has 13 rings (SSSR count). The van der Waals surface area contributed by atoms with Crippen molar-refractivity contribution in [1.29, 1.82) is 0 Å². The molecule has 5 aliphatic carbocycles. The van der Waals surface area contributed by atoms with Crippen LogP contribution in [0.1, 0.15) is 139 Å². The van der Waals surface area contributed by atoms with Crippen LogP contribution in [0.3, 0.4) is 0 Å². The second kappa shape index (κ2) is 31.6. The molecule has 0 spiro atoms. The Hall–Kier alpha value is -2.03. The second-order valence-electron chi connectivity index (χ2n) is 34.9. The number of allylic oxidation sites excluding steroid dienone is 2. The smallest absolute Gasteiger partial charge is 0.317 e. The first-order chi connectivity index (χ1) is 50.0. The Bertz CT molecular complexity index is 3010. The van der Waals surface area contributed by atoms with E-state index in [4.69, 9.17) is 75.8 Å². The van der Waals surface area contributed by atoms with E-state index < -0.39 is 244 Å². The maximum absolute atomic E-state index is 16.2. The fourth-order valence-electron chi connectivity index (χ4n) is 20.9. The second-order valence-corrected chi connectivity index (χ2v) is 34.9. The summed E-state index contributed by atoms with van der Waals surface area (Å²) >= 11 is 0. The maximum atomic E-state index is 16.2. The minimum absolute atomic E-state index is 0.0327. The van der Waals surface area contributed by atoms with Crippen molar-refractivity contribution in [2.45, 2.75) is 336 Å². The third kappa shape index (κ3) is 14.9. The number of rotatable bonds is 18. The lowest BCUT2D eigenvalue weighted by Crippen LogP contribution is -2.68. The summed E-state index contributed by atoms with van der Waals surface area (Å²) in [6.45, 7) is 16.7. The van der Waals surface area contributed by atoms with Gasteiger partial charge in [-0.05, 0) is 123 Å². The SMILES string of the molecule is C[C@@H]1O[C@@H](O[C@@H]2[C@@H](O[C@@H]3O[C@@H](C)[C@H](O[C@@H]4OC[C@H](O)[C@H](O[C@H]5C[C@@H](O)CCO5)[C@H]4O)[C@@H](O[C@H]4C[C@@H](CO)CO4)[C@H]3O)[C@H](OC(=O)[C@]34CCC(C)(C)C[C@H]3C3=CCC5[C@@]6(C)CC[C@H](O[C@@H]7O[C@H](CO[C@@H]8OC[C@H](O)[C@H](O)[C@H]8O)[C@@H](O)[C@H](O)[C@H]7O)C(C)(C)C6CC[C@@]5(C)[C@]3(C)C[C@H]4O)OC[C@H]2O)[C@H](O)[C@H](O)[C@H]1O. The van der Waals surface area contributed by atoms with Crippen molar-refractivity contribution in [3.8, 4) is 0 Å². The van der Waals surface area contributed by atoms with Crippen molar-refractivity contribution in [3.63, 3.8) is 0 Å². The van der Waals surface area contributed by atoms with Crippen LogP contribution in [0.5, 0.6) is 0 Å². The molecule has 4 saturated carbocycles. The molecule has 0 amide bonds. The zero-order valence-electron chi connectivity index (χ0n) is 61.9. The predicted molar refractivity (Wildman–Crippen MR) is 356 cm³/mol. The normalized spacial score (nSPS) is 53.9. The van der Waals surface area contributed by atoms with Crippen LogP contribution in [-0.4, -0.2) is 331 Å². The van der Waals surface area contributed by atoms with Gasteiger partial charge in [-0.25, -0.2) is 0 Å². The van der Waals surface area contributed by atoms with Crippen molar-refractivity contribution in [3.05, 3.63) is 11.6 Å². The first kappa shape index (κ1) is 82.0. The van der Waals surface area contributed by atoms with Gasteiger partial charge in [-0.3, -0.25) is 4.79 Å². The first-order valence-corrected chi connectivity index (χ1v) is 38.3. The van der Waals surface area contributed by atoms with Gasteiger partial charge >= 0.3 is 5.97 Å². The van der Waals surface area contributed by atoms with E-state index in [-0.39, 0.29) is 87.3 Å². The highest BCUT2D eigenvalue weighted by Gasteiger charge is 2.73. The van der Waals surface area contributed by atoms with Crippen molar-refractivity contribution < 1.29 is 162 Å². The zero-order chi connectivity index (χ0) is 76.4. The van der Waals surface area contributed by atoms with Gasteiger partial charge < -0.3 is 157 Å². The van der Waals surface area contributed by atoms with Gasteiger partial charge in [0.05, 0.1) is 70.2 Å². The number of esters is 1. The predicted octanol–water partition coefficient (Wildman–Crippen LogP) is -2.54. The number of aliphatic hydroxyl groups is 16. The van der Waals surface area contributed by atoms with Gasteiger partial charge in [0.1, 0.15) is 115 Å². The van der Waals surface area contributed by atoms with E-state index in [0.29, 0.717) is 44.9 Å². The van der Waals surface area contributed by atoms with Gasteiger partial charge in [0.2, 0.25) is 6.29 Å². The summed E-state index contributed by atoms with van der Waals surface area (Å²) in [6.07, 6.45) is -39.7. The third-order valence-electron chi connectivity index (χ3n) is 27.5. The molecular formula is C73H118O33. The molecule has 0 aromatic rings. The van der Waals surface area contributed by atoms with E-state index in [9.17, 15) is 81.7 Å². The average Bonchev–Trinajstić information content (AvgIpc) is 0.777. The fraction of sp³-hybridized carbons (Fsp3) is 0.959. The molecule has 0 bridgehead atoms. The Morgan fingerprint density at radius 3 is 1.81 bits per heavy atom. The molecule has 8 aliphatic heterocycles. The Morgan fingerprint density at radius 2 is 1.10 bits per heavy atom. The van der Waals surface area contributed by atoms with Gasteiger partial charge in [0.15, 0.2) is 50.1 Å². The van der Waals surface area contributed by atoms with Crippen molar-refractivity contribution in [2.75, 3.05) is 46.2 Å². The molecule has 33 heteroatoms. The van der Waals surface area contributed by atoms with Crippen LogP contribution in [0, 0.1) is 56.2 Å². The summed E-state index contributed by atoms with van der Waals surface area (Å²) in [7, 11) is 0. The van der Waals surface area contributed by atoms with Gasteiger partial charge in [0, 0.05) is 25.4 Å². The average molecular weight is 1520 g/mol. The molecule has 608 valence electrons. The molecule has 0 aromatic heterocycles. The summed E-state index contributed by atoms with van der Waals surface area (Å²) in [5, 5.41) is 179. The van der Waals surface area contributed by atoms with Gasteiger partial charge in [-0.1, -0.05) is 60.1 Å². The fourth-order valence-corrected chi connectivity index (χ4v) is 20.9. The minimum atomic E-state index is -1.92. The minimum Gasteiger partial charge on any atom is -0.432 e. The van der Waals surface area contributed by atoms with Gasteiger partial charge in [0.25, 0.3) is 0 Å². The highest BCUT2D eigenvalue weighted by molar-refractivity contribution is 5.80. The number of fused-ring (bicyclic) bond motifs is 7. The number of hydrogen-bond acceptors (Lipinski definition) is 33. The van der Waals surface area contributed by atoms with Gasteiger partial charge in [-0.2, -0.15) is 0 Å². The summed E-state index contributed by atoms with van der Waals surface area (Å²) in [6, 6.07) is 0. The maximum Gasteiger partial charge on any atom is 0.317 e. The highest BCUT2D eigenvalue weighted by Crippen LogP contribution is 2.76. The summed E-state index contributed by atoms with van der Waals surface area (Å²) in [4.78, 5) is 16.2. The number of carbonyl (C=O) groups is 1. The van der Waals surface area contributed by atoms with Gasteiger partial charge in [-0.15, -0.1) is 0 Å². The molecule has 40 atom stereocenters. The highest BCUT2D eigenvalue weighted by atomic mass is 16.8. The van der Waals surface area contributed by atoms with E-state index >= 15 is 4.79 Å². The molecule has 106 heavy (non-hydrogen) atoms. The summed E-state index contributed by atoms with van der Waals surface area (Å²) < 4.78 is 98.9. The van der Waals surface area contributed by atoms with Crippen molar-refractivity contribution in [1.82, 2.24) is 0 Å². The standard InChI is InChI=1S/C73H118O33/c1-30-46(80)49(83)52(86)63(97-30)104-58-38(78)28-95-66(60(58)105-65-55(89)59(102-44-20-32(24-74)25-92-44)56(31(2)98-65)103-62-54(88)57(37(77)27-94-62)101-45-21-33(75)14-19-91-45)106-67(90)73-18-17-68(3,4)22-35(73)34-10-11-41-70(7)15-13-43(69(5,6)40(70)12-16-71(41,8)72(34,9)23-42(73)79)100-64-53(87)50(84)48(82)39(99-64)29-96-61-51(85)47(81)36(76)26-93-61/h10,30-33,35-66,74-89H,11-29H2,1-9H3/t30-,31-,32-,33-,35-,36-,37-,38+,39+,40?,41?,42+,43-,44-,45-,46-,47-,48+,49+,50-,51+,52+,53+,54+,55+,56-,57-,58-,59-,60+,61-,62-,63-,64-,65-,66-,70-,71+,72+,73+/m0/s1.